The zero-order chi connectivity index (χ0) is 15.7. The predicted molar refractivity (Wildman–Crippen MR) is 80.0 cm³/mol. The van der Waals surface area contributed by atoms with Gasteiger partial charge in [0.25, 0.3) is 0 Å². The van der Waals surface area contributed by atoms with Gasteiger partial charge in [0.1, 0.15) is 5.75 Å². The molecule has 7 heteroatoms. The third kappa shape index (κ3) is 2.32. The van der Waals surface area contributed by atoms with Crippen LogP contribution in [0.1, 0.15) is 10.4 Å². The van der Waals surface area contributed by atoms with Crippen molar-refractivity contribution in [1.29, 1.82) is 0 Å². The molecule has 22 heavy (non-hydrogen) atoms. The second kappa shape index (κ2) is 5.36. The molecule has 0 spiro atoms. The van der Waals surface area contributed by atoms with Crippen molar-refractivity contribution in [3.8, 4) is 22.8 Å². The molecule has 0 unspecified atom stereocenters. The lowest BCUT2D eigenvalue weighted by molar-refractivity contribution is 0.1000. The molecule has 0 aliphatic heterocycles. The number of fused-ring (bicyclic) bond motifs is 1. The van der Waals surface area contributed by atoms with Gasteiger partial charge in [0.2, 0.25) is 11.7 Å². The average Bonchev–Trinajstić information content (AvgIpc) is 2.96. The Morgan fingerprint density at radius 1 is 1.23 bits per heavy atom. The van der Waals surface area contributed by atoms with Crippen LogP contribution in [0.15, 0.2) is 36.8 Å². The monoisotopic (exact) mass is 298 g/mol. The minimum atomic E-state index is -0.508. The molecule has 0 saturated carbocycles. The fraction of sp³-hybridized carbons (Fsp3) is 0.133. The summed E-state index contributed by atoms with van der Waals surface area (Å²) in [6.45, 7) is 0. The fourth-order valence-electron chi connectivity index (χ4n) is 2.16. The van der Waals surface area contributed by atoms with Crippen molar-refractivity contribution in [2.75, 3.05) is 14.2 Å². The molecule has 3 aromatic rings. The first-order chi connectivity index (χ1) is 10.6. The van der Waals surface area contributed by atoms with Crippen molar-refractivity contribution in [2.45, 2.75) is 0 Å². The van der Waals surface area contributed by atoms with Crippen molar-refractivity contribution in [1.82, 2.24) is 14.4 Å². The molecule has 3 rings (SSSR count). The van der Waals surface area contributed by atoms with Gasteiger partial charge in [0, 0.05) is 17.3 Å². The zero-order valence-electron chi connectivity index (χ0n) is 12.1. The maximum atomic E-state index is 11.3. The number of aromatic nitrogens is 3. The third-order valence-corrected chi connectivity index (χ3v) is 3.28. The van der Waals surface area contributed by atoms with Crippen LogP contribution < -0.4 is 15.2 Å². The molecule has 0 bridgehead atoms. The van der Waals surface area contributed by atoms with Crippen LogP contribution in [0.3, 0.4) is 0 Å². The highest BCUT2D eigenvalue weighted by Crippen LogP contribution is 2.30. The SMILES string of the molecule is COc1cnc2nc(-c3ccc(C(N)=O)cc3OC)cn2c1. The number of benzene rings is 1. The number of carbonyl (C=O) groups excluding carboxylic acids is 1. The van der Waals surface area contributed by atoms with Crippen LogP contribution in [0, 0.1) is 0 Å². The van der Waals surface area contributed by atoms with Gasteiger partial charge >= 0.3 is 0 Å². The van der Waals surface area contributed by atoms with Crippen molar-refractivity contribution in [2.24, 2.45) is 5.73 Å². The Labute approximate surface area is 126 Å². The van der Waals surface area contributed by atoms with Crippen molar-refractivity contribution < 1.29 is 14.3 Å². The first kappa shape index (κ1) is 13.9. The van der Waals surface area contributed by atoms with Gasteiger partial charge in [-0.2, -0.15) is 0 Å². The highest BCUT2D eigenvalue weighted by Gasteiger charge is 2.13. The lowest BCUT2D eigenvalue weighted by atomic mass is 10.1. The van der Waals surface area contributed by atoms with Gasteiger partial charge in [-0.05, 0) is 18.2 Å². The van der Waals surface area contributed by atoms with Gasteiger partial charge in [-0.1, -0.05) is 0 Å². The molecule has 2 aromatic heterocycles. The van der Waals surface area contributed by atoms with Crippen molar-refractivity contribution in [3.63, 3.8) is 0 Å². The number of ether oxygens (including phenoxy) is 2. The van der Waals surface area contributed by atoms with Crippen LogP contribution >= 0.6 is 0 Å². The van der Waals surface area contributed by atoms with E-state index in [0.29, 0.717) is 28.5 Å². The second-order valence-electron chi connectivity index (χ2n) is 4.61. The Bertz CT molecular complexity index is 857. The maximum Gasteiger partial charge on any atom is 0.248 e. The maximum absolute atomic E-state index is 11.3. The van der Waals surface area contributed by atoms with Gasteiger partial charge in [0.05, 0.1) is 32.3 Å². The molecule has 1 aromatic carbocycles. The molecule has 7 nitrogen and oxygen atoms in total. The molecular weight excluding hydrogens is 284 g/mol. The molecule has 112 valence electrons. The van der Waals surface area contributed by atoms with Crippen LogP contribution in [-0.2, 0) is 0 Å². The Kier molecular flexibility index (Phi) is 3.38. The molecule has 0 aliphatic carbocycles. The minimum absolute atomic E-state index is 0.379. The zero-order valence-corrected chi connectivity index (χ0v) is 12.1. The summed E-state index contributed by atoms with van der Waals surface area (Å²) in [7, 11) is 3.10. The number of hydrogen-bond donors (Lipinski definition) is 1. The summed E-state index contributed by atoms with van der Waals surface area (Å²) < 4.78 is 12.2. The fourth-order valence-corrected chi connectivity index (χ4v) is 2.16. The highest BCUT2D eigenvalue weighted by molar-refractivity contribution is 5.94. The van der Waals surface area contributed by atoms with Crippen LogP contribution in [0.4, 0.5) is 0 Å². The van der Waals surface area contributed by atoms with Gasteiger partial charge in [-0.3, -0.25) is 9.20 Å². The number of nitrogens with zero attached hydrogens (tertiary/aromatic N) is 3. The predicted octanol–water partition coefficient (Wildman–Crippen LogP) is 1.51. The summed E-state index contributed by atoms with van der Waals surface area (Å²) in [5, 5.41) is 0. The van der Waals surface area contributed by atoms with E-state index in [1.54, 1.807) is 42.1 Å². The van der Waals surface area contributed by atoms with Gasteiger partial charge < -0.3 is 15.2 Å². The average molecular weight is 298 g/mol. The molecule has 0 saturated heterocycles. The largest absolute Gasteiger partial charge is 0.496 e. The second-order valence-corrected chi connectivity index (χ2v) is 4.61. The molecule has 0 fully saturated rings. The lowest BCUT2D eigenvalue weighted by Crippen LogP contribution is -2.10. The van der Waals surface area contributed by atoms with Crippen LogP contribution in [0.25, 0.3) is 17.0 Å². The van der Waals surface area contributed by atoms with Gasteiger partial charge in [-0.15, -0.1) is 0 Å². The Balaban J connectivity index is 2.12. The smallest absolute Gasteiger partial charge is 0.248 e. The number of rotatable bonds is 4. The number of hydrogen-bond acceptors (Lipinski definition) is 5. The first-order valence-electron chi connectivity index (χ1n) is 6.49. The number of nitrogens with two attached hydrogens (primary N) is 1. The number of carbonyl (C=O) groups is 1. The molecule has 0 aliphatic rings. The summed E-state index contributed by atoms with van der Waals surface area (Å²) in [6, 6.07) is 4.98. The summed E-state index contributed by atoms with van der Waals surface area (Å²) in [4.78, 5) is 19.9. The number of imidazole rings is 1. The highest BCUT2D eigenvalue weighted by atomic mass is 16.5. The van der Waals surface area contributed by atoms with Gasteiger partial charge in [0.15, 0.2) is 5.75 Å². The van der Waals surface area contributed by atoms with E-state index in [4.69, 9.17) is 15.2 Å². The van der Waals surface area contributed by atoms with E-state index in [-0.39, 0.29) is 0 Å². The van der Waals surface area contributed by atoms with E-state index >= 15 is 0 Å². The Hall–Kier alpha value is -3.09. The van der Waals surface area contributed by atoms with E-state index < -0.39 is 5.91 Å². The summed E-state index contributed by atoms with van der Waals surface area (Å²) >= 11 is 0. The number of methoxy groups -OCH3 is 2. The van der Waals surface area contributed by atoms with Crippen LogP contribution in [-0.4, -0.2) is 34.5 Å². The standard InChI is InChI=1S/C15H14N4O3/c1-21-10-6-17-15-18-12(8-19(15)7-10)11-4-3-9(14(16)20)5-13(11)22-2/h3-8H,1-2H3,(H2,16,20). The minimum Gasteiger partial charge on any atom is -0.496 e. The van der Waals surface area contributed by atoms with E-state index in [0.717, 1.165) is 5.56 Å². The molecule has 1 amide bonds. The summed E-state index contributed by atoms with van der Waals surface area (Å²) in [5.41, 5.74) is 7.08. The summed E-state index contributed by atoms with van der Waals surface area (Å²) in [5.74, 6) is 1.18. The van der Waals surface area contributed by atoms with E-state index in [1.165, 1.54) is 7.11 Å². The quantitative estimate of drug-likeness (QED) is 0.788. The van der Waals surface area contributed by atoms with Crippen molar-refractivity contribution in [3.05, 3.63) is 42.4 Å². The van der Waals surface area contributed by atoms with Crippen LogP contribution in [0.5, 0.6) is 11.5 Å². The molecular formula is C15H14N4O3. The van der Waals surface area contributed by atoms with Crippen molar-refractivity contribution >= 4 is 11.7 Å². The number of primary amides is 1. The molecule has 0 atom stereocenters. The van der Waals surface area contributed by atoms with E-state index in [1.807, 2.05) is 6.20 Å². The third-order valence-electron chi connectivity index (χ3n) is 3.28. The molecule has 2 heterocycles. The van der Waals surface area contributed by atoms with Crippen LogP contribution in [0.2, 0.25) is 0 Å². The molecule has 0 radical (unpaired) electrons. The lowest BCUT2D eigenvalue weighted by Gasteiger charge is -2.07. The Morgan fingerprint density at radius 2 is 2.05 bits per heavy atom. The summed E-state index contributed by atoms with van der Waals surface area (Å²) in [6.07, 6.45) is 5.19. The van der Waals surface area contributed by atoms with Gasteiger partial charge in [-0.25, -0.2) is 9.97 Å². The Morgan fingerprint density at radius 3 is 2.73 bits per heavy atom. The first-order valence-corrected chi connectivity index (χ1v) is 6.49. The topological polar surface area (TPSA) is 91.7 Å². The number of amides is 1. The van der Waals surface area contributed by atoms with E-state index in [9.17, 15) is 4.79 Å². The normalized spacial score (nSPS) is 10.6. The van der Waals surface area contributed by atoms with E-state index in [2.05, 4.69) is 9.97 Å². The molecule has 2 N–H and O–H groups in total.